The average Bonchev–Trinajstić information content (AvgIpc) is 2.75. The summed E-state index contributed by atoms with van der Waals surface area (Å²) >= 11 is 0. The molecule has 2 fully saturated rings. The number of hydrogen-bond donors (Lipinski definition) is 2. The predicted octanol–water partition coefficient (Wildman–Crippen LogP) is 0.296. The van der Waals surface area contributed by atoms with Crippen molar-refractivity contribution in [3.8, 4) is 0 Å². The predicted molar refractivity (Wildman–Crippen MR) is 81.9 cm³/mol. The lowest BCUT2D eigenvalue weighted by Crippen LogP contribution is -2.47. The van der Waals surface area contributed by atoms with Crippen molar-refractivity contribution in [2.45, 2.75) is 38.5 Å². The molecule has 0 spiro atoms. The first-order valence-electron chi connectivity index (χ1n) is 8.16. The molecule has 0 saturated carbocycles. The minimum atomic E-state index is -0.823. The average molecular weight is 310 g/mol. The van der Waals surface area contributed by atoms with Gasteiger partial charge in [-0.2, -0.15) is 0 Å². The van der Waals surface area contributed by atoms with Gasteiger partial charge >= 0.3 is 6.03 Å². The third-order valence-electron chi connectivity index (χ3n) is 4.48. The Bertz CT molecular complexity index is 411. The maximum Gasteiger partial charge on any atom is 0.318 e. The van der Waals surface area contributed by atoms with Crippen molar-refractivity contribution in [3.05, 3.63) is 0 Å². The van der Waals surface area contributed by atoms with Crippen molar-refractivity contribution in [3.63, 3.8) is 0 Å². The van der Waals surface area contributed by atoms with Crippen LogP contribution >= 0.6 is 0 Å². The van der Waals surface area contributed by atoms with E-state index >= 15 is 0 Å². The lowest BCUT2D eigenvalue weighted by molar-refractivity contribution is -0.137. The summed E-state index contributed by atoms with van der Waals surface area (Å²) in [6.45, 7) is 3.35. The third-order valence-corrected chi connectivity index (χ3v) is 4.48. The van der Waals surface area contributed by atoms with Crippen LogP contribution in [0.4, 0.5) is 4.79 Å². The van der Waals surface area contributed by atoms with E-state index in [2.05, 4.69) is 5.32 Å². The Labute approximate surface area is 131 Å². The van der Waals surface area contributed by atoms with E-state index in [4.69, 9.17) is 5.73 Å². The summed E-state index contributed by atoms with van der Waals surface area (Å²) < 4.78 is 0. The number of rotatable bonds is 3. The van der Waals surface area contributed by atoms with Gasteiger partial charge in [-0.05, 0) is 38.8 Å². The van der Waals surface area contributed by atoms with E-state index in [1.165, 1.54) is 12.8 Å². The second-order valence-electron chi connectivity index (χ2n) is 6.20. The van der Waals surface area contributed by atoms with Crippen molar-refractivity contribution in [2.75, 3.05) is 32.7 Å². The quantitative estimate of drug-likeness (QED) is 0.783. The van der Waals surface area contributed by atoms with Crippen molar-refractivity contribution < 1.29 is 14.4 Å². The van der Waals surface area contributed by atoms with Crippen LogP contribution in [0.3, 0.4) is 0 Å². The van der Waals surface area contributed by atoms with Gasteiger partial charge in [0.15, 0.2) is 0 Å². The van der Waals surface area contributed by atoms with Crippen LogP contribution in [0, 0.1) is 5.92 Å². The number of carbonyl (C=O) groups is 3. The van der Waals surface area contributed by atoms with Crippen LogP contribution < -0.4 is 11.1 Å². The van der Waals surface area contributed by atoms with Gasteiger partial charge in [-0.1, -0.05) is 12.8 Å². The van der Waals surface area contributed by atoms with E-state index in [0.29, 0.717) is 13.1 Å². The monoisotopic (exact) mass is 310 g/mol. The van der Waals surface area contributed by atoms with Crippen LogP contribution in [0.5, 0.6) is 0 Å². The standard InChI is InChI=1S/C15H26N4O3/c16-15(22)17-13(20)11-18-9-5-12(6-10-18)14(21)19-7-3-1-2-4-8-19/h12H,1-11H2,(H3,16,17,20,22). The van der Waals surface area contributed by atoms with Crippen LogP contribution in [0.25, 0.3) is 0 Å². The van der Waals surface area contributed by atoms with Gasteiger partial charge in [0.1, 0.15) is 0 Å². The van der Waals surface area contributed by atoms with Gasteiger partial charge in [-0.25, -0.2) is 4.79 Å². The van der Waals surface area contributed by atoms with Gasteiger partial charge in [0.2, 0.25) is 11.8 Å². The zero-order chi connectivity index (χ0) is 15.9. The highest BCUT2D eigenvalue weighted by molar-refractivity contribution is 5.94. The normalized spacial score (nSPS) is 21.2. The van der Waals surface area contributed by atoms with Gasteiger partial charge in [0.05, 0.1) is 6.54 Å². The van der Waals surface area contributed by atoms with Crippen LogP contribution in [-0.2, 0) is 9.59 Å². The van der Waals surface area contributed by atoms with E-state index in [9.17, 15) is 14.4 Å². The summed E-state index contributed by atoms with van der Waals surface area (Å²) in [6.07, 6.45) is 6.21. The molecule has 7 nitrogen and oxygen atoms in total. The number of nitrogens with two attached hydrogens (primary N) is 1. The van der Waals surface area contributed by atoms with Crippen molar-refractivity contribution in [2.24, 2.45) is 11.7 Å². The maximum atomic E-state index is 12.5. The van der Waals surface area contributed by atoms with Crippen molar-refractivity contribution in [1.82, 2.24) is 15.1 Å². The molecule has 0 bridgehead atoms. The molecule has 3 N–H and O–H groups in total. The molecule has 0 aliphatic carbocycles. The molecule has 7 heteroatoms. The molecule has 2 aliphatic heterocycles. The van der Waals surface area contributed by atoms with E-state index in [1.54, 1.807) is 0 Å². The topological polar surface area (TPSA) is 95.7 Å². The molecular weight excluding hydrogens is 284 g/mol. The number of hydrogen-bond acceptors (Lipinski definition) is 4. The number of carbonyl (C=O) groups excluding carboxylic acids is 3. The molecule has 0 aromatic heterocycles. The second-order valence-corrected chi connectivity index (χ2v) is 6.20. The Morgan fingerprint density at radius 2 is 1.55 bits per heavy atom. The minimum absolute atomic E-state index is 0.0774. The highest BCUT2D eigenvalue weighted by Gasteiger charge is 2.29. The molecule has 0 unspecified atom stereocenters. The molecule has 2 rings (SSSR count). The first-order valence-corrected chi connectivity index (χ1v) is 8.16. The Kier molecular flexibility index (Phi) is 6.18. The molecule has 124 valence electrons. The van der Waals surface area contributed by atoms with Crippen LogP contribution in [0.2, 0.25) is 0 Å². The molecule has 4 amide bonds. The largest absolute Gasteiger partial charge is 0.351 e. The number of piperidine rings is 1. The van der Waals surface area contributed by atoms with Crippen LogP contribution in [-0.4, -0.2) is 60.4 Å². The lowest BCUT2D eigenvalue weighted by atomic mass is 9.95. The third kappa shape index (κ3) is 4.98. The first-order chi connectivity index (χ1) is 10.6. The molecule has 2 heterocycles. The molecular formula is C15H26N4O3. The number of primary amides is 1. The molecule has 0 aromatic carbocycles. The molecule has 0 radical (unpaired) electrons. The SMILES string of the molecule is NC(=O)NC(=O)CN1CCC(C(=O)N2CCCCCC2)CC1. The zero-order valence-electron chi connectivity index (χ0n) is 13.1. The smallest absolute Gasteiger partial charge is 0.318 e. The number of nitrogens with one attached hydrogen (secondary N) is 1. The summed E-state index contributed by atoms with van der Waals surface area (Å²) in [5, 5.41) is 2.07. The van der Waals surface area contributed by atoms with Gasteiger partial charge in [0, 0.05) is 19.0 Å². The summed E-state index contributed by atoms with van der Waals surface area (Å²) in [5.74, 6) is -0.0264. The number of likely N-dealkylation sites (tertiary alicyclic amines) is 2. The van der Waals surface area contributed by atoms with Crippen LogP contribution in [0.1, 0.15) is 38.5 Å². The fourth-order valence-corrected chi connectivity index (χ4v) is 3.27. The number of nitrogens with zero attached hydrogens (tertiary/aromatic N) is 2. The van der Waals surface area contributed by atoms with Gasteiger partial charge < -0.3 is 10.6 Å². The Morgan fingerprint density at radius 1 is 0.955 bits per heavy atom. The van der Waals surface area contributed by atoms with E-state index in [0.717, 1.165) is 38.8 Å². The number of imide groups is 1. The molecule has 0 atom stereocenters. The Balaban J connectivity index is 1.75. The van der Waals surface area contributed by atoms with Crippen molar-refractivity contribution >= 4 is 17.8 Å². The lowest BCUT2D eigenvalue weighted by Gasteiger charge is -2.33. The summed E-state index contributed by atoms with van der Waals surface area (Å²) in [7, 11) is 0. The zero-order valence-corrected chi connectivity index (χ0v) is 13.1. The summed E-state index contributed by atoms with van der Waals surface area (Å²) in [4.78, 5) is 38.6. The van der Waals surface area contributed by atoms with Gasteiger partial charge in [-0.3, -0.25) is 19.8 Å². The van der Waals surface area contributed by atoms with E-state index in [-0.39, 0.29) is 24.3 Å². The minimum Gasteiger partial charge on any atom is -0.351 e. The number of amides is 4. The molecule has 0 aromatic rings. The van der Waals surface area contributed by atoms with E-state index in [1.807, 2.05) is 9.80 Å². The van der Waals surface area contributed by atoms with Crippen LogP contribution in [0.15, 0.2) is 0 Å². The second kappa shape index (κ2) is 8.12. The first kappa shape index (κ1) is 16.7. The summed E-state index contributed by atoms with van der Waals surface area (Å²) in [6, 6.07) is -0.823. The van der Waals surface area contributed by atoms with Crippen molar-refractivity contribution in [1.29, 1.82) is 0 Å². The Hall–Kier alpha value is -1.63. The fourth-order valence-electron chi connectivity index (χ4n) is 3.27. The molecule has 22 heavy (non-hydrogen) atoms. The maximum absolute atomic E-state index is 12.5. The van der Waals surface area contributed by atoms with Gasteiger partial charge in [-0.15, -0.1) is 0 Å². The highest BCUT2D eigenvalue weighted by Crippen LogP contribution is 2.21. The Morgan fingerprint density at radius 3 is 2.09 bits per heavy atom. The molecule has 2 aliphatic rings. The van der Waals surface area contributed by atoms with E-state index < -0.39 is 6.03 Å². The fraction of sp³-hybridized carbons (Fsp3) is 0.800. The number of urea groups is 1. The van der Waals surface area contributed by atoms with Gasteiger partial charge in [0.25, 0.3) is 0 Å². The molecule has 2 saturated heterocycles. The highest BCUT2D eigenvalue weighted by atomic mass is 16.2. The summed E-state index contributed by atoms with van der Waals surface area (Å²) in [5.41, 5.74) is 4.92.